The Morgan fingerprint density at radius 2 is 1.34 bits per heavy atom. The average Bonchev–Trinajstić information content (AvgIpc) is 2.78. The zero-order valence-corrected chi connectivity index (χ0v) is 23.8. The van der Waals surface area contributed by atoms with Crippen molar-refractivity contribution in [2.24, 2.45) is 0 Å². The molecule has 0 atom stereocenters. The summed E-state index contributed by atoms with van der Waals surface area (Å²) in [6.45, 7) is 14.2. The van der Waals surface area contributed by atoms with Gasteiger partial charge in [0.15, 0.2) is 0 Å². The predicted octanol–water partition coefficient (Wildman–Crippen LogP) is 4.73. The van der Waals surface area contributed by atoms with Gasteiger partial charge in [-0.3, -0.25) is 10.6 Å². The van der Waals surface area contributed by atoms with E-state index in [1.807, 2.05) is 6.07 Å². The van der Waals surface area contributed by atoms with Crippen molar-refractivity contribution in [3.05, 3.63) is 35.9 Å². The molecule has 0 aliphatic rings. The van der Waals surface area contributed by atoms with Crippen LogP contribution >= 0.6 is 0 Å². The van der Waals surface area contributed by atoms with Crippen LogP contribution in [-0.2, 0) is 30.3 Å². The van der Waals surface area contributed by atoms with Crippen LogP contribution in [0.4, 0.5) is 14.4 Å². The Hall–Kier alpha value is -3.50. The van der Waals surface area contributed by atoms with Crippen LogP contribution in [0.2, 0.25) is 0 Å². The highest BCUT2D eigenvalue weighted by Gasteiger charge is 2.45. The molecule has 3 amide bonds. The Kier molecular flexibility index (Phi) is 12.4. The third-order valence-electron chi connectivity index (χ3n) is 4.88. The van der Waals surface area contributed by atoms with Crippen LogP contribution in [-0.4, -0.2) is 65.7 Å². The average molecular weight is 538 g/mol. The summed E-state index contributed by atoms with van der Waals surface area (Å²) in [6.07, 6.45) is -2.33. The number of carbonyl (C=O) groups is 4. The van der Waals surface area contributed by atoms with Crippen molar-refractivity contribution >= 4 is 24.2 Å². The maximum atomic E-state index is 13.6. The molecule has 214 valence electrons. The Morgan fingerprint density at radius 1 is 0.816 bits per heavy atom. The topological polar surface area (TPSA) is 132 Å². The molecule has 0 spiro atoms. The molecule has 0 fully saturated rings. The Bertz CT molecular complexity index is 892. The summed E-state index contributed by atoms with van der Waals surface area (Å²) in [4.78, 5) is 52.9. The third kappa shape index (κ3) is 12.2. The minimum atomic E-state index is -2.05. The molecule has 0 radical (unpaired) electrons. The summed E-state index contributed by atoms with van der Waals surface area (Å²) in [5.41, 5.74) is -3.09. The molecule has 1 aromatic rings. The van der Waals surface area contributed by atoms with Gasteiger partial charge < -0.3 is 23.8 Å². The van der Waals surface area contributed by atoms with Gasteiger partial charge in [0.1, 0.15) is 17.8 Å². The fourth-order valence-corrected chi connectivity index (χ4v) is 3.29. The van der Waals surface area contributed by atoms with Gasteiger partial charge in [0.05, 0.1) is 6.61 Å². The number of nitrogens with one attached hydrogen (secondary N) is 2. The van der Waals surface area contributed by atoms with Crippen molar-refractivity contribution < 1.29 is 38.1 Å². The second-order valence-electron chi connectivity index (χ2n) is 10.6. The van der Waals surface area contributed by atoms with Gasteiger partial charge in [0, 0.05) is 19.5 Å². The number of hydrogen-bond donors (Lipinski definition) is 2. The van der Waals surface area contributed by atoms with Crippen molar-refractivity contribution in [3.63, 3.8) is 0 Å². The number of carbonyl (C=O) groups excluding carboxylic acids is 4. The third-order valence-corrected chi connectivity index (χ3v) is 4.88. The fourth-order valence-electron chi connectivity index (χ4n) is 3.29. The van der Waals surface area contributed by atoms with E-state index in [0.717, 1.165) is 0 Å². The number of amides is 3. The highest BCUT2D eigenvalue weighted by atomic mass is 16.6. The molecule has 0 aliphatic heterocycles. The molecular formula is C27H43N3O8. The Balaban J connectivity index is 3.30. The zero-order chi connectivity index (χ0) is 29.0. The zero-order valence-electron chi connectivity index (χ0n) is 23.8. The molecule has 0 heterocycles. The van der Waals surface area contributed by atoms with Crippen LogP contribution in [0.15, 0.2) is 30.3 Å². The van der Waals surface area contributed by atoms with E-state index in [9.17, 15) is 19.2 Å². The lowest BCUT2D eigenvalue weighted by atomic mass is 10.0. The quantitative estimate of drug-likeness (QED) is 0.235. The standard InChI is InChI=1S/C27H43N3O8/c1-9-30(24(34)35-10-2)18-14-17-27(28-22(32)37-25(3,4)5,29-23(33)38-26(6,7)8)21(31)36-19-20-15-12-11-13-16-20/h11-13,15-16H,9-10,14,17-19H2,1-8H3,(H,28,32)(H,29,33). The van der Waals surface area contributed by atoms with Crippen LogP contribution in [0.1, 0.15) is 73.8 Å². The summed E-state index contributed by atoms with van der Waals surface area (Å²) in [6, 6.07) is 8.96. The Labute approximate surface area is 225 Å². The van der Waals surface area contributed by atoms with E-state index >= 15 is 0 Å². The lowest BCUT2D eigenvalue weighted by Gasteiger charge is -2.35. The van der Waals surface area contributed by atoms with Crippen LogP contribution in [0.5, 0.6) is 0 Å². The molecule has 11 heteroatoms. The number of alkyl carbamates (subject to hydrolysis) is 2. The largest absolute Gasteiger partial charge is 0.458 e. The van der Waals surface area contributed by atoms with Crippen molar-refractivity contribution in [1.29, 1.82) is 0 Å². The van der Waals surface area contributed by atoms with Gasteiger partial charge in [0.25, 0.3) is 0 Å². The summed E-state index contributed by atoms with van der Waals surface area (Å²) in [7, 11) is 0. The molecule has 1 aromatic carbocycles. The summed E-state index contributed by atoms with van der Waals surface area (Å²) >= 11 is 0. The first-order chi connectivity index (χ1) is 17.6. The summed E-state index contributed by atoms with van der Waals surface area (Å²) in [5.74, 6) is -0.919. The van der Waals surface area contributed by atoms with E-state index in [2.05, 4.69) is 10.6 Å². The molecule has 0 aromatic heterocycles. The highest BCUT2D eigenvalue weighted by Crippen LogP contribution is 2.19. The number of ether oxygens (including phenoxy) is 4. The van der Waals surface area contributed by atoms with E-state index in [4.69, 9.17) is 18.9 Å². The van der Waals surface area contributed by atoms with E-state index < -0.39 is 41.1 Å². The molecule has 0 saturated heterocycles. The smallest absolute Gasteiger partial charge is 0.409 e. The highest BCUT2D eigenvalue weighted by molar-refractivity contribution is 5.89. The molecule has 38 heavy (non-hydrogen) atoms. The molecule has 0 saturated carbocycles. The van der Waals surface area contributed by atoms with E-state index in [1.54, 1.807) is 79.7 Å². The molecule has 11 nitrogen and oxygen atoms in total. The lowest BCUT2D eigenvalue weighted by molar-refractivity contribution is -0.155. The van der Waals surface area contributed by atoms with E-state index in [1.165, 1.54) is 4.90 Å². The van der Waals surface area contributed by atoms with Crippen LogP contribution in [0, 0.1) is 0 Å². The molecular weight excluding hydrogens is 494 g/mol. The van der Waals surface area contributed by atoms with E-state index in [-0.39, 0.29) is 32.6 Å². The maximum absolute atomic E-state index is 13.6. The van der Waals surface area contributed by atoms with Crippen LogP contribution in [0.3, 0.4) is 0 Å². The van der Waals surface area contributed by atoms with Crippen molar-refractivity contribution in [1.82, 2.24) is 15.5 Å². The van der Waals surface area contributed by atoms with Gasteiger partial charge in [-0.2, -0.15) is 0 Å². The summed E-state index contributed by atoms with van der Waals surface area (Å²) in [5, 5.41) is 5.01. The number of rotatable bonds is 11. The minimum Gasteiger partial charge on any atom is -0.458 e. The van der Waals surface area contributed by atoms with Gasteiger partial charge in [0.2, 0.25) is 5.66 Å². The molecule has 0 bridgehead atoms. The first-order valence-corrected chi connectivity index (χ1v) is 12.8. The first-order valence-electron chi connectivity index (χ1n) is 12.8. The minimum absolute atomic E-state index is 0.0999. The normalized spacial score (nSPS) is 11.7. The molecule has 2 N–H and O–H groups in total. The Morgan fingerprint density at radius 3 is 1.79 bits per heavy atom. The fraction of sp³-hybridized carbons (Fsp3) is 0.630. The van der Waals surface area contributed by atoms with Crippen molar-refractivity contribution in [2.45, 2.75) is 91.7 Å². The van der Waals surface area contributed by atoms with Gasteiger partial charge >= 0.3 is 24.2 Å². The second-order valence-corrected chi connectivity index (χ2v) is 10.6. The van der Waals surface area contributed by atoms with Crippen LogP contribution < -0.4 is 10.6 Å². The number of esters is 1. The van der Waals surface area contributed by atoms with Gasteiger partial charge in [-0.1, -0.05) is 30.3 Å². The summed E-state index contributed by atoms with van der Waals surface area (Å²) < 4.78 is 21.4. The predicted molar refractivity (Wildman–Crippen MR) is 141 cm³/mol. The maximum Gasteiger partial charge on any atom is 0.409 e. The SMILES string of the molecule is CCOC(=O)N(CC)CCCC(NC(=O)OC(C)(C)C)(NC(=O)OC(C)(C)C)C(=O)OCc1ccccc1. The monoisotopic (exact) mass is 537 g/mol. The number of hydrogen-bond acceptors (Lipinski definition) is 8. The number of nitrogens with zero attached hydrogens (tertiary/aromatic N) is 1. The number of benzene rings is 1. The second kappa shape index (κ2) is 14.4. The lowest BCUT2D eigenvalue weighted by Crippen LogP contribution is -2.67. The first kappa shape index (κ1) is 32.5. The molecule has 0 aliphatic carbocycles. The van der Waals surface area contributed by atoms with Crippen LogP contribution in [0.25, 0.3) is 0 Å². The molecule has 1 rings (SSSR count). The van der Waals surface area contributed by atoms with Gasteiger partial charge in [-0.05, 0) is 67.4 Å². The van der Waals surface area contributed by atoms with Crippen molar-refractivity contribution in [3.8, 4) is 0 Å². The van der Waals surface area contributed by atoms with Gasteiger partial charge in [-0.25, -0.2) is 19.2 Å². The van der Waals surface area contributed by atoms with E-state index in [0.29, 0.717) is 12.1 Å². The van der Waals surface area contributed by atoms with Gasteiger partial charge in [-0.15, -0.1) is 0 Å². The van der Waals surface area contributed by atoms with Crippen molar-refractivity contribution in [2.75, 3.05) is 19.7 Å². The molecule has 0 unspecified atom stereocenters.